The van der Waals surface area contributed by atoms with Gasteiger partial charge in [0.05, 0.1) is 4.88 Å². The van der Waals surface area contributed by atoms with Crippen molar-refractivity contribution in [3.8, 4) is 10.4 Å². The minimum atomic E-state index is 0.731. The van der Waals surface area contributed by atoms with Crippen LogP contribution in [0.4, 0.5) is 0 Å². The molecule has 1 aromatic heterocycles. The summed E-state index contributed by atoms with van der Waals surface area (Å²) in [5.41, 5.74) is 6.93. The van der Waals surface area contributed by atoms with Crippen LogP contribution in [0.15, 0.2) is 84.9 Å². The number of carbonyl (C=O) groups excluding carboxylic acids is 1. The van der Waals surface area contributed by atoms with Gasteiger partial charge in [-0.3, -0.25) is 4.79 Å². The van der Waals surface area contributed by atoms with Gasteiger partial charge in [0.15, 0.2) is 6.29 Å². The third-order valence-electron chi connectivity index (χ3n) is 4.69. The van der Waals surface area contributed by atoms with E-state index in [0.29, 0.717) is 0 Å². The Labute approximate surface area is 177 Å². The molecular weight excluding hydrogens is 370 g/mol. The molecule has 1 heterocycles. The van der Waals surface area contributed by atoms with Crippen LogP contribution in [0.1, 0.15) is 26.4 Å². The topological polar surface area (TPSA) is 17.1 Å². The molecule has 4 rings (SSSR count). The molecule has 0 spiro atoms. The van der Waals surface area contributed by atoms with Gasteiger partial charge < -0.3 is 0 Å². The van der Waals surface area contributed by atoms with Crippen LogP contribution in [-0.2, 0) is 0 Å². The highest BCUT2D eigenvalue weighted by atomic mass is 32.1. The number of benzene rings is 3. The zero-order valence-corrected chi connectivity index (χ0v) is 16.5. The minimum Gasteiger partial charge on any atom is -0.297 e. The molecule has 0 aliphatic heterocycles. The first kappa shape index (κ1) is 19.2. The van der Waals surface area contributed by atoms with Crippen molar-refractivity contribution in [1.82, 2.24) is 0 Å². The second kappa shape index (κ2) is 8.50. The van der Waals surface area contributed by atoms with Gasteiger partial charge in [-0.2, -0.15) is 0 Å². The molecule has 134 valence electrons. The van der Waals surface area contributed by atoms with E-state index in [2.05, 4.69) is 30.3 Å². The summed E-state index contributed by atoms with van der Waals surface area (Å²) in [5, 5.41) is 0. The minimum absolute atomic E-state index is 0.731. The van der Waals surface area contributed by atoms with Gasteiger partial charge >= 0.3 is 0 Å². The Hall–Kier alpha value is -3.10. The molecule has 0 amide bonds. The Morgan fingerprint density at radius 1 is 0.690 bits per heavy atom. The summed E-state index contributed by atoms with van der Waals surface area (Å²) in [5.74, 6) is 0. The van der Waals surface area contributed by atoms with Crippen LogP contribution in [0, 0.1) is 0 Å². The third kappa shape index (κ3) is 4.49. The average Bonchev–Trinajstić information content (AvgIpc) is 3.24. The predicted octanol–water partition coefficient (Wildman–Crippen LogP) is 4.40. The summed E-state index contributed by atoms with van der Waals surface area (Å²) < 4.78 is 0. The quantitative estimate of drug-likeness (QED) is 0.282. The second-order valence-corrected chi connectivity index (χ2v) is 7.86. The number of hydrogen-bond acceptors (Lipinski definition) is 2. The number of thiophene rings is 1. The van der Waals surface area contributed by atoms with Crippen LogP contribution in [0.2, 0.25) is 0 Å². The zero-order chi connectivity index (χ0) is 20.2. The first-order valence-electron chi connectivity index (χ1n) is 9.21. The number of aldehydes is 1. The molecular formula is C25H16B2OS. The zero-order valence-electron chi connectivity index (χ0n) is 15.7. The van der Waals surface area contributed by atoms with Crippen molar-refractivity contribution in [2.45, 2.75) is 0 Å². The first-order valence-corrected chi connectivity index (χ1v) is 10.0. The van der Waals surface area contributed by atoms with E-state index >= 15 is 0 Å². The highest BCUT2D eigenvalue weighted by Gasteiger charge is 2.08. The van der Waals surface area contributed by atoms with E-state index in [-0.39, 0.29) is 0 Å². The summed E-state index contributed by atoms with van der Waals surface area (Å²) in [6, 6.07) is 27.9. The lowest BCUT2D eigenvalue weighted by Crippen LogP contribution is -2.01. The van der Waals surface area contributed by atoms with Crippen LogP contribution >= 0.6 is 11.3 Å². The average molecular weight is 386 g/mol. The maximum Gasteiger partial charge on any atom is 0.160 e. The molecule has 4 heteroatoms. The number of hydrogen-bond donors (Lipinski definition) is 0. The van der Waals surface area contributed by atoms with Crippen LogP contribution in [0.5, 0.6) is 0 Å². The molecule has 0 atom stereocenters. The molecule has 29 heavy (non-hydrogen) atoms. The molecule has 0 aliphatic carbocycles. The first-order chi connectivity index (χ1) is 14.1. The lowest BCUT2D eigenvalue weighted by molar-refractivity contribution is 0.112. The van der Waals surface area contributed by atoms with Gasteiger partial charge in [0.2, 0.25) is 0 Å². The normalized spacial score (nSPS) is 11.4. The fourth-order valence-corrected chi connectivity index (χ4v) is 3.97. The largest absolute Gasteiger partial charge is 0.297 e. The maximum absolute atomic E-state index is 11.0. The number of rotatable bonds is 5. The van der Waals surface area contributed by atoms with Gasteiger partial charge in [0, 0.05) is 4.88 Å². The van der Waals surface area contributed by atoms with Crippen molar-refractivity contribution in [2.75, 3.05) is 0 Å². The van der Waals surface area contributed by atoms with Gasteiger partial charge in [-0.15, -0.1) is 11.3 Å². The van der Waals surface area contributed by atoms with E-state index in [0.717, 1.165) is 54.8 Å². The van der Waals surface area contributed by atoms with E-state index in [1.165, 1.54) is 11.3 Å². The fraction of sp³-hybridized carbons (Fsp3) is 0. The summed E-state index contributed by atoms with van der Waals surface area (Å²) in [6.45, 7) is 0. The Morgan fingerprint density at radius 2 is 1.24 bits per heavy atom. The molecule has 0 saturated carbocycles. The highest BCUT2D eigenvalue weighted by Crippen LogP contribution is 2.31. The Kier molecular flexibility index (Phi) is 5.64. The predicted molar refractivity (Wildman–Crippen MR) is 126 cm³/mol. The Bertz CT molecular complexity index is 1150. The standard InChI is InChI=1S/C25H16B2OS/c26-21-9-1-17(2-10-21)15-24(19-7-11-22(27)12-8-19)18-3-5-20(6-4-18)25-14-13-23(16-28)29-25/h1-16H/b24-15-. The van der Waals surface area contributed by atoms with E-state index < -0.39 is 0 Å². The highest BCUT2D eigenvalue weighted by molar-refractivity contribution is 7.17. The molecule has 4 radical (unpaired) electrons. The van der Waals surface area contributed by atoms with E-state index in [1.54, 1.807) is 0 Å². The molecule has 4 aromatic rings. The van der Waals surface area contributed by atoms with Crippen LogP contribution in [0.25, 0.3) is 22.1 Å². The molecule has 0 N–H and O–H groups in total. The van der Waals surface area contributed by atoms with Gasteiger partial charge in [0.25, 0.3) is 0 Å². The SMILES string of the molecule is [B]c1ccc(/C=C(\c2ccc([B])cc2)c2ccc(-c3ccc(C=O)s3)cc2)cc1. The van der Waals surface area contributed by atoms with Crippen molar-refractivity contribution < 1.29 is 4.79 Å². The molecule has 1 nitrogen and oxygen atoms in total. The molecule has 3 aromatic carbocycles. The molecule has 0 fully saturated rings. The summed E-state index contributed by atoms with van der Waals surface area (Å²) in [6.07, 6.45) is 3.03. The van der Waals surface area contributed by atoms with Crippen molar-refractivity contribution >= 4 is 55.9 Å². The maximum atomic E-state index is 11.0. The van der Waals surface area contributed by atoms with Crippen LogP contribution in [0.3, 0.4) is 0 Å². The van der Waals surface area contributed by atoms with Gasteiger partial charge in [0.1, 0.15) is 15.7 Å². The second-order valence-electron chi connectivity index (χ2n) is 6.74. The smallest absolute Gasteiger partial charge is 0.160 e. The summed E-state index contributed by atoms with van der Waals surface area (Å²) >= 11 is 1.49. The van der Waals surface area contributed by atoms with Crippen molar-refractivity contribution in [3.05, 3.63) is 106 Å². The molecule has 0 bridgehead atoms. The molecule has 0 aliphatic rings. The summed E-state index contributed by atoms with van der Waals surface area (Å²) in [7, 11) is 11.7. The van der Waals surface area contributed by atoms with Crippen LogP contribution < -0.4 is 10.9 Å². The van der Waals surface area contributed by atoms with Gasteiger partial charge in [-0.05, 0) is 46.0 Å². The van der Waals surface area contributed by atoms with Crippen molar-refractivity contribution in [2.24, 2.45) is 0 Å². The Morgan fingerprint density at radius 3 is 1.79 bits per heavy atom. The fourth-order valence-electron chi connectivity index (χ4n) is 3.14. The molecule has 0 saturated heterocycles. The van der Waals surface area contributed by atoms with Gasteiger partial charge in [-0.1, -0.05) is 83.7 Å². The van der Waals surface area contributed by atoms with E-state index in [4.69, 9.17) is 15.7 Å². The third-order valence-corrected chi connectivity index (χ3v) is 5.75. The Balaban J connectivity index is 1.75. The van der Waals surface area contributed by atoms with Crippen molar-refractivity contribution in [1.29, 1.82) is 0 Å². The lowest BCUT2D eigenvalue weighted by Gasteiger charge is -2.11. The summed E-state index contributed by atoms with van der Waals surface area (Å²) in [4.78, 5) is 12.8. The number of carbonyl (C=O) groups is 1. The molecule has 0 unspecified atom stereocenters. The van der Waals surface area contributed by atoms with Crippen molar-refractivity contribution in [3.63, 3.8) is 0 Å². The van der Waals surface area contributed by atoms with E-state index in [9.17, 15) is 4.79 Å². The van der Waals surface area contributed by atoms with Gasteiger partial charge in [-0.25, -0.2) is 0 Å². The van der Waals surface area contributed by atoms with E-state index in [1.807, 2.05) is 60.7 Å². The monoisotopic (exact) mass is 386 g/mol. The lowest BCUT2D eigenvalue weighted by atomic mass is 9.90. The van der Waals surface area contributed by atoms with Crippen LogP contribution in [-0.4, -0.2) is 22.0 Å².